The summed E-state index contributed by atoms with van der Waals surface area (Å²) in [5.74, 6) is 0.0976. The maximum atomic E-state index is 14.0. The van der Waals surface area contributed by atoms with E-state index in [-0.39, 0.29) is 5.91 Å². The number of fused-ring (bicyclic) bond motifs is 4. The fourth-order valence-electron chi connectivity index (χ4n) is 5.24. The first-order valence-corrected chi connectivity index (χ1v) is 11.3. The summed E-state index contributed by atoms with van der Waals surface area (Å²) in [5.41, 5.74) is 6.78. The molecule has 3 aromatic carbocycles. The van der Waals surface area contributed by atoms with Crippen molar-refractivity contribution in [2.24, 2.45) is 5.41 Å². The number of rotatable bonds is 2. The molecule has 31 heavy (non-hydrogen) atoms. The van der Waals surface area contributed by atoms with Gasteiger partial charge in [0.25, 0.3) is 0 Å². The van der Waals surface area contributed by atoms with E-state index in [4.69, 9.17) is 23.2 Å². The molecular weight excluding hydrogens is 425 g/mol. The lowest BCUT2D eigenvalue weighted by Crippen LogP contribution is -2.42. The van der Waals surface area contributed by atoms with Crippen molar-refractivity contribution in [3.8, 4) is 0 Å². The maximum absolute atomic E-state index is 14.0. The van der Waals surface area contributed by atoms with Crippen molar-refractivity contribution in [2.45, 2.75) is 26.2 Å². The number of carbonyl (C=O) groups is 1. The molecule has 0 spiro atoms. The predicted octanol–water partition coefficient (Wildman–Crippen LogP) is 6.97. The van der Waals surface area contributed by atoms with Crippen LogP contribution in [0.1, 0.15) is 35.6 Å². The highest BCUT2D eigenvalue weighted by Gasteiger charge is 2.45. The van der Waals surface area contributed by atoms with Crippen LogP contribution in [0.15, 0.2) is 72.3 Å². The Labute approximate surface area is 193 Å². The van der Waals surface area contributed by atoms with E-state index in [0.717, 1.165) is 51.4 Å². The molecule has 156 valence electrons. The van der Waals surface area contributed by atoms with Crippen LogP contribution in [0.2, 0.25) is 10.0 Å². The van der Waals surface area contributed by atoms with Crippen LogP contribution in [0.5, 0.6) is 0 Å². The highest BCUT2D eigenvalue weighted by Crippen LogP contribution is 2.52. The van der Waals surface area contributed by atoms with Gasteiger partial charge in [-0.25, -0.2) is 0 Å². The number of hydrogen-bond acceptors (Lipinski definition) is 1. The van der Waals surface area contributed by atoms with Gasteiger partial charge in [0.15, 0.2) is 0 Å². The summed E-state index contributed by atoms with van der Waals surface area (Å²) in [4.78, 5) is 15.8. The second-order valence-corrected chi connectivity index (χ2v) is 9.49. The van der Waals surface area contributed by atoms with E-state index in [1.165, 1.54) is 5.56 Å². The Morgan fingerprint density at radius 2 is 1.74 bits per heavy atom. The molecular formula is C27H23Cl2NO. The van der Waals surface area contributed by atoms with Crippen LogP contribution in [0, 0.1) is 5.41 Å². The number of aryl methyl sites for hydroxylation is 1. The monoisotopic (exact) mass is 447 g/mol. The Hall–Kier alpha value is -2.55. The second kappa shape index (κ2) is 7.55. The fourth-order valence-corrected chi connectivity index (χ4v) is 5.70. The standard InChI is InChI=1S/C27H23Cl2NO/c1-27(16-17-7-4-3-5-8-17)21-13-11-18-9-6-10-22(29)24(18)25(21)20-15-19(28)12-14-23(20)30(2)26(27)31/h3-10,12,14-15H,11,13,16H2,1-2H3. The van der Waals surface area contributed by atoms with Gasteiger partial charge < -0.3 is 4.90 Å². The number of nitrogens with zero attached hydrogens (tertiary/aromatic N) is 1. The van der Waals surface area contributed by atoms with Crippen LogP contribution in [0.4, 0.5) is 5.69 Å². The molecule has 1 heterocycles. The average Bonchev–Trinajstić information content (AvgIpc) is 2.83. The van der Waals surface area contributed by atoms with Crippen molar-refractivity contribution in [1.82, 2.24) is 0 Å². The molecule has 3 aromatic rings. The smallest absolute Gasteiger partial charge is 0.237 e. The lowest BCUT2D eigenvalue weighted by Gasteiger charge is -2.36. The maximum Gasteiger partial charge on any atom is 0.237 e. The van der Waals surface area contributed by atoms with Gasteiger partial charge in [-0.1, -0.05) is 65.7 Å². The van der Waals surface area contributed by atoms with Crippen molar-refractivity contribution in [1.29, 1.82) is 0 Å². The lowest BCUT2D eigenvalue weighted by atomic mass is 9.68. The summed E-state index contributed by atoms with van der Waals surface area (Å²) < 4.78 is 0. The third-order valence-electron chi connectivity index (χ3n) is 6.73. The molecule has 0 N–H and O–H groups in total. The Bertz CT molecular complexity index is 1230. The molecule has 1 amide bonds. The summed E-state index contributed by atoms with van der Waals surface area (Å²) in [7, 11) is 1.87. The van der Waals surface area contributed by atoms with Crippen LogP contribution in [-0.2, 0) is 17.6 Å². The Morgan fingerprint density at radius 3 is 2.52 bits per heavy atom. The molecule has 0 fully saturated rings. The number of hydrogen-bond donors (Lipinski definition) is 0. The van der Waals surface area contributed by atoms with Crippen molar-refractivity contribution in [3.63, 3.8) is 0 Å². The highest BCUT2D eigenvalue weighted by atomic mass is 35.5. The number of benzene rings is 3. The first-order chi connectivity index (χ1) is 14.9. The van der Waals surface area contributed by atoms with E-state index in [9.17, 15) is 4.79 Å². The fraction of sp³-hybridized carbons (Fsp3) is 0.222. The molecule has 0 aromatic heterocycles. The molecule has 0 saturated carbocycles. The first-order valence-electron chi connectivity index (χ1n) is 10.5. The summed E-state index contributed by atoms with van der Waals surface area (Å²) in [5, 5.41) is 1.37. The molecule has 0 saturated heterocycles. The van der Waals surface area contributed by atoms with Crippen LogP contribution in [-0.4, -0.2) is 13.0 Å². The van der Waals surface area contributed by atoms with Gasteiger partial charge in [0.2, 0.25) is 5.91 Å². The minimum absolute atomic E-state index is 0.0976. The summed E-state index contributed by atoms with van der Waals surface area (Å²) in [6, 6.07) is 22.1. The third kappa shape index (κ3) is 3.21. The van der Waals surface area contributed by atoms with Gasteiger partial charge in [-0.15, -0.1) is 0 Å². The molecule has 4 heteroatoms. The third-order valence-corrected chi connectivity index (χ3v) is 7.28. The number of carbonyl (C=O) groups excluding carboxylic acids is 1. The quantitative estimate of drug-likeness (QED) is 0.415. The zero-order chi connectivity index (χ0) is 21.8. The van der Waals surface area contributed by atoms with E-state index < -0.39 is 5.41 Å². The summed E-state index contributed by atoms with van der Waals surface area (Å²) >= 11 is 13.2. The van der Waals surface area contributed by atoms with Crippen LogP contribution in [0.3, 0.4) is 0 Å². The van der Waals surface area contributed by atoms with Crippen LogP contribution in [0.25, 0.3) is 5.57 Å². The van der Waals surface area contributed by atoms with Gasteiger partial charge in [0, 0.05) is 28.2 Å². The van der Waals surface area contributed by atoms with E-state index in [1.807, 2.05) is 55.6 Å². The number of amides is 1. The van der Waals surface area contributed by atoms with E-state index in [2.05, 4.69) is 25.1 Å². The average molecular weight is 448 g/mol. The zero-order valence-electron chi connectivity index (χ0n) is 17.6. The minimum Gasteiger partial charge on any atom is -0.314 e. The van der Waals surface area contributed by atoms with Crippen LogP contribution < -0.4 is 4.90 Å². The molecule has 1 aliphatic carbocycles. The van der Waals surface area contributed by atoms with Gasteiger partial charge in [0.1, 0.15) is 0 Å². The number of halogens is 2. The van der Waals surface area contributed by atoms with Crippen molar-refractivity contribution >= 4 is 40.4 Å². The molecule has 2 nitrogen and oxygen atoms in total. The van der Waals surface area contributed by atoms with Crippen LogP contribution >= 0.6 is 23.2 Å². The van der Waals surface area contributed by atoms with E-state index in [1.54, 1.807) is 4.90 Å². The molecule has 0 radical (unpaired) electrons. The van der Waals surface area contributed by atoms with Gasteiger partial charge in [-0.05, 0) is 72.7 Å². The SMILES string of the molecule is CN1C(=O)C(C)(Cc2ccccc2)C2=C(c3cc(Cl)ccc31)c1c(Cl)cccc1CC2. The van der Waals surface area contributed by atoms with E-state index >= 15 is 0 Å². The first kappa shape index (κ1) is 20.4. The topological polar surface area (TPSA) is 20.3 Å². The van der Waals surface area contributed by atoms with Gasteiger partial charge in [-0.3, -0.25) is 4.79 Å². The predicted molar refractivity (Wildman–Crippen MR) is 129 cm³/mol. The van der Waals surface area contributed by atoms with Crippen molar-refractivity contribution < 1.29 is 4.79 Å². The Morgan fingerprint density at radius 1 is 0.968 bits per heavy atom. The van der Waals surface area contributed by atoms with Gasteiger partial charge >= 0.3 is 0 Å². The molecule has 5 rings (SSSR count). The highest BCUT2D eigenvalue weighted by molar-refractivity contribution is 6.33. The molecule has 1 unspecified atom stereocenters. The minimum atomic E-state index is -0.687. The summed E-state index contributed by atoms with van der Waals surface area (Å²) in [6.45, 7) is 2.09. The molecule has 1 atom stereocenters. The Balaban J connectivity index is 1.85. The lowest BCUT2D eigenvalue weighted by molar-refractivity contribution is -0.125. The molecule has 0 bridgehead atoms. The number of anilines is 1. The largest absolute Gasteiger partial charge is 0.314 e. The summed E-state index contributed by atoms with van der Waals surface area (Å²) in [6.07, 6.45) is 2.32. The van der Waals surface area contributed by atoms with Gasteiger partial charge in [0.05, 0.1) is 11.1 Å². The zero-order valence-corrected chi connectivity index (χ0v) is 19.1. The normalized spacial score (nSPS) is 20.1. The molecule has 2 aliphatic rings. The second-order valence-electron chi connectivity index (χ2n) is 8.65. The van der Waals surface area contributed by atoms with Crippen molar-refractivity contribution in [3.05, 3.63) is 105 Å². The van der Waals surface area contributed by atoms with Gasteiger partial charge in [-0.2, -0.15) is 0 Å². The van der Waals surface area contributed by atoms with Crippen molar-refractivity contribution in [2.75, 3.05) is 11.9 Å². The molecule has 1 aliphatic heterocycles. The Kier molecular flexibility index (Phi) is 4.96. The van der Waals surface area contributed by atoms with E-state index in [0.29, 0.717) is 11.4 Å².